The van der Waals surface area contributed by atoms with E-state index in [4.69, 9.17) is 9.47 Å². The molecule has 2 aromatic carbocycles. The zero-order valence-corrected chi connectivity index (χ0v) is 12.4. The quantitative estimate of drug-likeness (QED) is 0.756. The van der Waals surface area contributed by atoms with Crippen LogP contribution >= 0.6 is 0 Å². The van der Waals surface area contributed by atoms with E-state index in [0.29, 0.717) is 13.2 Å². The summed E-state index contributed by atoms with van der Waals surface area (Å²) in [5.41, 5.74) is 2.16. The van der Waals surface area contributed by atoms with E-state index in [1.54, 1.807) is 7.11 Å². The SMILES string of the molecule is COc1ccc(C(O)COCCCc2ccccc2)cc1. The number of methoxy groups -OCH3 is 1. The highest BCUT2D eigenvalue weighted by Gasteiger charge is 2.07. The average molecular weight is 286 g/mol. The number of hydrogen-bond acceptors (Lipinski definition) is 3. The predicted molar refractivity (Wildman–Crippen MR) is 83.5 cm³/mol. The topological polar surface area (TPSA) is 38.7 Å². The minimum Gasteiger partial charge on any atom is -0.497 e. The molecule has 3 heteroatoms. The molecule has 1 unspecified atom stereocenters. The fraction of sp³-hybridized carbons (Fsp3) is 0.333. The highest BCUT2D eigenvalue weighted by molar-refractivity contribution is 5.28. The Morgan fingerprint density at radius 1 is 1.00 bits per heavy atom. The maximum atomic E-state index is 10.0. The van der Waals surface area contributed by atoms with E-state index in [1.807, 2.05) is 42.5 Å². The molecule has 0 aliphatic heterocycles. The molecule has 0 spiro atoms. The lowest BCUT2D eigenvalue weighted by Gasteiger charge is -2.12. The van der Waals surface area contributed by atoms with Gasteiger partial charge in [0.25, 0.3) is 0 Å². The zero-order valence-electron chi connectivity index (χ0n) is 12.4. The van der Waals surface area contributed by atoms with Crippen LogP contribution < -0.4 is 4.74 Å². The van der Waals surface area contributed by atoms with Crippen molar-refractivity contribution in [2.45, 2.75) is 18.9 Å². The molecule has 0 saturated carbocycles. The molecule has 0 saturated heterocycles. The van der Waals surface area contributed by atoms with Gasteiger partial charge < -0.3 is 14.6 Å². The maximum absolute atomic E-state index is 10.0. The van der Waals surface area contributed by atoms with Crippen LogP contribution in [0.15, 0.2) is 54.6 Å². The second kappa shape index (κ2) is 8.45. The molecule has 0 aromatic heterocycles. The molecule has 1 N–H and O–H groups in total. The Morgan fingerprint density at radius 2 is 1.71 bits per heavy atom. The summed E-state index contributed by atoms with van der Waals surface area (Å²) in [5, 5.41) is 10.0. The largest absolute Gasteiger partial charge is 0.497 e. The number of rotatable bonds is 8. The molecule has 0 fully saturated rings. The van der Waals surface area contributed by atoms with Gasteiger partial charge in [-0.1, -0.05) is 42.5 Å². The van der Waals surface area contributed by atoms with Crippen molar-refractivity contribution in [3.63, 3.8) is 0 Å². The molecule has 0 radical (unpaired) electrons. The summed E-state index contributed by atoms with van der Waals surface area (Å²) in [7, 11) is 1.63. The second-order valence-corrected chi connectivity index (χ2v) is 4.95. The average Bonchev–Trinajstić information content (AvgIpc) is 2.55. The van der Waals surface area contributed by atoms with Crippen molar-refractivity contribution in [2.24, 2.45) is 0 Å². The molecule has 3 nitrogen and oxygen atoms in total. The predicted octanol–water partition coefficient (Wildman–Crippen LogP) is 3.38. The fourth-order valence-corrected chi connectivity index (χ4v) is 2.14. The lowest BCUT2D eigenvalue weighted by Crippen LogP contribution is -2.08. The maximum Gasteiger partial charge on any atom is 0.118 e. The molecule has 2 aromatic rings. The van der Waals surface area contributed by atoms with Gasteiger partial charge in [-0.25, -0.2) is 0 Å². The number of aliphatic hydroxyl groups excluding tert-OH is 1. The Balaban J connectivity index is 1.65. The van der Waals surface area contributed by atoms with Gasteiger partial charge in [0.05, 0.1) is 13.7 Å². The molecule has 2 rings (SSSR count). The van der Waals surface area contributed by atoms with E-state index < -0.39 is 6.10 Å². The van der Waals surface area contributed by atoms with Gasteiger partial charge in [-0.05, 0) is 36.1 Å². The first-order valence-electron chi connectivity index (χ1n) is 7.23. The van der Waals surface area contributed by atoms with Gasteiger partial charge >= 0.3 is 0 Å². The van der Waals surface area contributed by atoms with Crippen LogP contribution in [-0.4, -0.2) is 25.4 Å². The number of aryl methyl sites for hydroxylation is 1. The third-order valence-electron chi connectivity index (χ3n) is 3.37. The van der Waals surface area contributed by atoms with Crippen molar-refractivity contribution in [3.8, 4) is 5.75 Å². The normalized spacial score (nSPS) is 12.1. The highest BCUT2D eigenvalue weighted by atomic mass is 16.5. The summed E-state index contributed by atoms with van der Waals surface area (Å²) in [6.45, 7) is 0.975. The van der Waals surface area contributed by atoms with Crippen molar-refractivity contribution in [1.82, 2.24) is 0 Å². The molecular formula is C18H22O3. The molecule has 21 heavy (non-hydrogen) atoms. The summed E-state index contributed by atoms with van der Waals surface area (Å²) in [5.74, 6) is 0.787. The minimum absolute atomic E-state index is 0.321. The summed E-state index contributed by atoms with van der Waals surface area (Å²) < 4.78 is 10.6. The molecular weight excluding hydrogens is 264 g/mol. The molecule has 112 valence electrons. The van der Waals surface area contributed by atoms with Crippen LogP contribution in [0, 0.1) is 0 Å². The van der Waals surface area contributed by atoms with Crippen molar-refractivity contribution < 1.29 is 14.6 Å². The summed E-state index contributed by atoms with van der Waals surface area (Å²) in [6.07, 6.45) is 1.37. The van der Waals surface area contributed by atoms with Crippen LogP contribution in [0.3, 0.4) is 0 Å². The van der Waals surface area contributed by atoms with E-state index in [9.17, 15) is 5.11 Å². The van der Waals surface area contributed by atoms with Crippen LogP contribution in [0.4, 0.5) is 0 Å². The zero-order chi connectivity index (χ0) is 14.9. The standard InChI is InChI=1S/C18H22O3/c1-20-17-11-9-16(10-12-17)18(19)14-21-13-5-8-15-6-3-2-4-7-15/h2-4,6-7,9-12,18-19H,5,8,13-14H2,1H3. The van der Waals surface area contributed by atoms with E-state index in [1.165, 1.54) is 5.56 Å². The van der Waals surface area contributed by atoms with Gasteiger partial charge in [0.15, 0.2) is 0 Å². The minimum atomic E-state index is -0.590. The number of hydrogen-bond donors (Lipinski definition) is 1. The number of ether oxygens (including phenoxy) is 2. The van der Waals surface area contributed by atoms with Crippen molar-refractivity contribution in [2.75, 3.05) is 20.3 Å². The highest BCUT2D eigenvalue weighted by Crippen LogP contribution is 2.17. The van der Waals surface area contributed by atoms with Crippen molar-refractivity contribution in [3.05, 3.63) is 65.7 Å². The van der Waals surface area contributed by atoms with E-state index in [2.05, 4.69) is 12.1 Å². The third-order valence-corrected chi connectivity index (χ3v) is 3.37. The van der Waals surface area contributed by atoms with Crippen LogP contribution in [0.2, 0.25) is 0 Å². The Hall–Kier alpha value is -1.84. The van der Waals surface area contributed by atoms with Crippen LogP contribution in [-0.2, 0) is 11.2 Å². The Labute approximate surface area is 126 Å². The first kappa shape index (κ1) is 15.5. The number of aliphatic hydroxyl groups is 1. The Kier molecular flexibility index (Phi) is 6.25. The number of benzene rings is 2. The fourth-order valence-electron chi connectivity index (χ4n) is 2.14. The third kappa shape index (κ3) is 5.21. The second-order valence-electron chi connectivity index (χ2n) is 4.95. The molecule has 1 atom stereocenters. The first-order valence-corrected chi connectivity index (χ1v) is 7.23. The molecule has 0 heterocycles. The Bertz CT molecular complexity index is 508. The molecule has 0 aliphatic carbocycles. The van der Waals surface area contributed by atoms with Gasteiger partial charge in [-0.2, -0.15) is 0 Å². The first-order chi connectivity index (χ1) is 10.3. The Morgan fingerprint density at radius 3 is 2.38 bits per heavy atom. The molecule has 0 bridgehead atoms. The van der Waals surface area contributed by atoms with Gasteiger partial charge in [-0.15, -0.1) is 0 Å². The molecule has 0 amide bonds. The van der Waals surface area contributed by atoms with Gasteiger partial charge in [0, 0.05) is 6.61 Å². The lowest BCUT2D eigenvalue weighted by molar-refractivity contribution is 0.0352. The van der Waals surface area contributed by atoms with Crippen LogP contribution in [0.5, 0.6) is 5.75 Å². The van der Waals surface area contributed by atoms with E-state index in [-0.39, 0.29) is 0 Å². The summed E-state index contributed by atoms with van der Waals surface area (Å²) in [6, 6.07) is 17.7. The smallest absolute Gasteiger partial charge is 0.118 e. The van der Waals surface area contributed by atoms with E-state index in [0.717, 1.165) is 24.2 Å². The monoisotopic (exact) mass is 286 g/mol. The van der Waals surface area contributed by atoms with Crippen molar-refractivity contribution >= 4 is 0 Å². The molecule has 0 aliphatic rings. The summed E-state index contributed by atoms with van der Waals surface area (Å²) in [4.78, 5) is 0. The van der Waals surface area contributed by atoms with Gasteiger partial charge in [-0.3, -0.25) is 0 Å². The van der Waals surface area contributed by atoms with Gasteiger partial charge in [0.2, 0.25) is 0 Å². The van der Waals surface area contributed by atoms with E-state index >= 15 is 0 Å². The summed E-state index contributed by atoms with van der Waals surface area (Å²) >= 11 is 0. The van der Waals surface area contributed by atoms with Crippen molar-refractivity contribution in [1.29, 1.82) is 0 Å². The van der Waals surface area contributed by atoms with Crippen LogP contribution in [0.1, 0.15) is 23.7 Å². The van der Waals surface area contributed by atoms with Crippen LogP contribution in [0.25, 0.3) is 0 Å². The lowest BCUT2D eigenvalue weighted by atomic mass is 10.1. The van der Waals surface area contributed by atoms with Gasteiger partial charge in [0.1, 0.15) is 11.9 Å².